The van der Waals surface area contributed by atoms with E-state index in [9.17, 15) is 4.79 Å². The van der Waals surface area contributed by atoms with Crippen LogP contribution in [0.1, 0.15) is 15.9 Å². The van der Waals surface area contributed by atoms with Gasteiger partial charge in [-0.3, -0.25) is 4.79 Å². The van der Waals surface area contributed by atoms with Gasteiger partial charge in [-0.1, -0.05) is 11.6 Å². The van der Waals surface area contributed by atoms with E-state index in [2.05, 4.69) is 30.9 Å². The minimum Gasteiger partial charge on any atom is -0.494 e. The number of pyridine rings is 1. The Bertz CT molecular complexity index is 1030. The number of amides is 1. The third-order valence-electron chi connectivity index (χ3n) is 4.04. The summed E-state index contributed by atoms with van der Waals surface area (Å²) in [5.41, 5.74) is 2.15. The summed E-state index contributed by atoms with van der Waals surface area (Å²) in [5.74, 6) is 2.20. The van der Waals surface area contributed by atoms with Crippen LogP contribution in [0.5, 0.6) is 5.75 Å². The van der Waals surface area contributed by atoms with Crippen molar-refractivity contribution in [3.05, 3.63) is 59.0 Å². The number of hydrogen-bond donors (Lipinski definition) is 3. The number of rotatable bonds is 5. The summed E-state index contributed by atoms with van der Waals surface area (Å²) in [6, 6.07) is 8.68. The van der Waals surface area contributed by atoms with Crippen molar-refractivity contribution in [2.45, 2.75) is 6.54 Å². The Kier molecular flexibility index (Phi) is 4.47. The maximum atomic E-state index is 11.8. The summed E-state index contributed by atoms with van der Waals surface area (Å²) >= 11 is 5.97. The smallest absolute Gasteiger partial charge is 0.252 e. The third kappa shape index (κ3) is 3.47. The monoisotopic (exact) mass is 382 g/mol. The number of fused-ring (bicyclic) bond motifs is 1. The molecule has 0 unspecified atom stereocenters. The van der Waals surface area contributed by atoms with Gasteiger partial charge in [0.25, 0.3) is 5.91 Å². The molecular formula is C18H15ClN6O2. The molecule has 1 aliphatic heterocycles. The quantitative estimate of drug-likeness (QED) is 0.622. The molecule has 0 radical (unpaired) electrons. The molecule has 4 rings (SSSR count). The lowest BCUT2D eigenvalue weighted by atomic mass is 10.1. The molecule has 0 aliphatic carbocycles. The Morgan fingerprint density at radius 1 is 1.07 bits per heavy atom. The van der Waals surface area contributed by atoms with Crippen molar-refractivity contribution in [1.82, 2.24) is 20.3 Å². The lowest BCUT2D eigenvalue weighted by Crippen LogP contribution is -2.12. The molecule has 3 N–H and O–H groups in total. The van der Waals surface area contributed by atoms with Gasteiger partial charge in [0.1, 0.15) is 29.5 Å². The number of halogens is 1. The number of methoxy groups -OCH3 is 1. The number of benzene rings is 1. The number of aromatic nitrogens is 3. The fraction of sp³-hybridized carbons (Fsp3) is 0.111. The fourth-order valence-corrected chi connectivity index (χ4v) is 3.01. The summed E-state index contributed by atoms with van der Waals surface area (Å²) in [5, 5.41) is 9.64. The van der Waals surface area contributed by atoms with Crippen LogP contribution in [0.2, 0.25) is 5.02 Å². The van der Waals surface area contributed by atoms with Crippen molar-refractivity contribution < 1.29 is 9.53 Å². The minimum absolute atomic E-state index is 0.0996. The van der Waals surface area contributed by atoms with Crippen molar-refractivity contribution in [1.29, 1.82) is 0 Å². The van der Waals surface area contributed by atoms with E-state index in [4.69, 9.17) is 16.3 Å². The molecule has 27 heavy (non-hydrogen) atoms. The van der Waals surface area contributed by atoms with Crippen LogP contribution in [0.3, 0.4) is 0 Å². The van der Waals surface area contributed by atoms with E-state index in [0.717, 1.165) is 5.56 Å². The Morgan fingerprint density at radius 3 is 2.63 bits per heavy atom. The molecule has 0 bridgehead atoms. The number of hydrogen-bond acceptors (Lipinski definition) is 7. The van der Waals surface area contributed by atoms with Crippen molar-refractivity contribution in [2.75, 3.05) is 17.7 Å². The van der Waals surface area contributed by atoms with Crippen molar-refractivity contribution in [2.24, 2.45) is 0 Å². The predicted molar refractivity (Wildman–Crippen MR) is 102 cm³/mol. The lowest BCUT2D eigenvalue weighted by Gasteiger charge is -2.14. The van der Waals surface area contributed by atoms with Crippen molar-refractivity contribution in [3.63, 3.8) is 0 Å². The van der Waals surface area contributed by atoms with Crippen LogP contribution < -0.4 is 20.7 Å². The van der Waals surface area contributed by atoms with E-state index >= 15 is 0 Å². The Balaban J connectivity index is 1.60. The number of ether oxygens (including phenoxy) is 1. The Morgan fingerprint density at radius 2 is 1.85 bits per heavy atom. The average Bonchev–Trinajstić information content (AvgIpc) is 3.03. The highest BCUT2D eigenvalue weighted by molar-refractivity contribution is 6.30. The van der Waals surface area contributed by atoms with Gasteiger partial charge in [0.05, 0.1) is 12.8 Å². The van der Waals surface area contributed by atoms with Crippen molar-refractivity contribution >= 4 is 40.6 Å². The lowest BCUT2D eigenvalue weighted by molar-refractivity contribution is 0.0966. The Labute approximate surface area is 160 Å². The van der Waals surface area contributed by atoms with Crippen LogP contribution in [-0.2, 0) is 6.54 Å². The van der Waals surface area contributed by atoms with Crippen LogP contribution >= 0.6 is 11.6 Å². The number of carbonyl (C=O) groups is 1. The normalized spacial score (nSPS) is 12.3. The number of nitrogens with zero attached hydrogens (tertiary/aromatic N) is 3. The standard InChI is InChI=1S/C18H15ClN6O2/c1-27-17-12-8-21-18(26)11(12)2-3-13(17)24-15-7-16(23-9-22-15)25-14-6-10(19)4-5-20-14/h2-7,9H,8H2,1H3,(H,21,26)(H2,20,22,23,24,25). The second kappa shape index (κ2) is 7.08. The zero-order valence-electron chi connectivity index (χ0n) is 14.3. The molecule has 0 saturated heterocycles. The van der Waals surface area contributed by atoms with E-state index < -0.39 is 0 Å². The molecule has 1 aromatic carbocycles. The van der Waals surface area contributed by atoms with Gasteiger partial charge in [0, 0.05) is 35.0 Å². The van der Waals surface area contributed by atoms with Crippen LogP contribution in [0.25, 0.3) is 0 Å². The number of anilines is 4. The zero-order valence-corrected chi connectivity index (χ0v) is 15.0. The first-order chi connectivity index (χ1) is 13.1. The summed E-state index contributed by atoms with van der Waals surface area (Å²) in [7, 11) is 1.57. The minimum atomic E-state index is -0.0996. The van der Waals surface area contributed by atoms with Gasteiger partial charge in [0.2, 0.25) is 0 Å². The maximum Gasteiger partial charge on any atom is 0.252 e. The molecule has 0 fully saturated rings. The molecular weight excluding hydrogens is 368 g/mol. The third-order valence-corrected chi connectivity index (χ3v) is 4.28. The molecule has 1 amide bonds. The van der Waals surface area contributed by atoms with Gasteiger partial charge in [-0.05, 0) is 24.3 Å². The second-order valence-electron chi connectivity index (χ2n) is 5.75. The second-order valence-corrected chi connectivity index (χ2v) is 6.19. The molecule has 0 saturated carbocycles. The zero-order chi connectivity index (χ0) is 18.8. The molecule has 3 heterocycles. The highest BCUT2D eigenvalue weighted by Gasteiger charge is 2.24. The van der Waals surface area contributed by atoms with Crippen molar-refractivity contribution in [3.8, 4) is 5.75 Å². The van der Waals surface area contributed by atoms with Gasteiger partial charge in [-0.15, -0.1) is 0 Å². The molecule has 136 valence electrons. The first-order valence-corrected chi connectivity index (χ1v) is 8.47. The average molecular weight is 383 g/mol. The van der Waals surface area contributed by atoms with Gasteiger partial charge in [0.15, 0.2) is 0 Å². The fourth-order valence-electron chi connectivity index (χ4n) is 2.85. The topological polar surface area (TPSA) is 101 Å². The van der Waals surface area contributed by atoms with Crippen LogP contribution in [0.4, 0.5) is 23.1 Å². The van der Waals surface area contributed by atoms with E-state index in [1.54, 1.807) is 43.6 Å². The summed E-state index contributed by atoms with van der Waals surface area (Å²) in [6.07, 6.45) is 3.04. The maximum absolute atomic E-state index is 11.8. The van der Waals surface area contributed by atoms with Gasteiger partial charge < -0.3 is 20.7 Å². The van der Waals surface area contributed by atoms with E-state index in [1.807, 2.05) is 0 Å². The number of carbonyl (C=O) groups excluding carboxylic acids is 1. The summed E-state index contributed by atoms with van der Waals surface area (Å²) in [6.45, 7) is 0.434. The van der Waals surface area contributed by atoms with Gasteiger partial charge in [-0.2, -0.15) is 0 Å². The first-order valence-electron chi connectivity index (χ1n) is 8.10. The molecule has 0 atom stereocenters. The summed E-state index contributed by atoms with van der Waals surface area (Å²) < 4.78 is 5.51. The molecule has 2 aromatic heterocycles. The van der Waals surface area contributed by atoms with Crippen LogP contribution in [0.15, 0.2) is 42.9 Å². The van der Waals surface area contributed by atoms with Crippen LogP contribution in [-0.4, -0.2) is 28.0 Å². The largest absolute Gasteiger partial charge is 0.494 e. The highest BCUT2D eigenvalue weighted by atomic mass is 35.5. The molecule has 8 nitrogen and oxygen atoms in total. The van der Waals surface area contributed by atoms with E-state index in [0.29, 0.717) is 46.0 Å². The Hall–Kier alpha value is -3.39. The molecule has 3 aromatic rings. The first kappa shape index (κ1) is 17.0. The van der Waals surface area contributed by atoms with E-state index in [-0.39, 0.29) is 5.91 Å². The molecule has 1 aliphatic rings. The summed E-state index contributed by atoms with van der Waals surface area (Å²) in [4.78, 5) is 24.4. The highest BCUT2D eigenvalue weighted by Crippen LogP contribution is 2.35. The number of nitrogens with one attached hydrogen (secondary N) is 3. The predicted octanol–water partition coefficient (Wildman–Crippen LogP) is 3.26. The van der Waals surface area contributed by atoms with E-state index in [1.165, 1.54) is 6.33 Å². The van der Waals surface area contributed by atoms with Gasteiger partial charge in [-0.25, -0.2) is 15.0 Å². The molecule has 0 spiro atoms. The molecule has 9 heteroatoms. The van der Waals surface area contributed by atoms with Gasteiger partial charge >= 0.3 is 0 Å². The van der Waals surface area contributed by atoms with Crippen LogP contribution in [0, 0.1) is 0 Å². The SMILES string of the molecule is COc1c(Nc2cc(Nc3cc(Cl)ccn3)ncn2)ccc2c1CNC2=O.